The first-order chi connectivity index (χ1) is 15.7. The Morgan fingerprint density at radius 3 is 1.58 bits per heavy atom. The van der Waals surface area contributed by atoms with E-state index < -0.39 is 10.9 Å². The van der Waals surface area contributed by atoms with Gasteiger partial charge in [-0.3, -0.25) is 24.5 Å². The summed E-state index contributed by atoms with van der Waals surface area (Å²) in [5.41, 5.74) is 0.121. The van der Waals surface area contributed by atoms with E-state index >= 15 is 0 Å². The van der Waals surface area contributed by atoms with Gasteiger partial charge in [-0.2, -0.15) is 0 Å². The molecule has 2 aromatic rings. The summed E-state index contributed by atoms with van der Waals surface area (Å²) in [6.45, 7) is 5.21. The van der Waals surface area contributed by atoms with Crippen molar-refractivity contribution in [2.24, 2.45) is 0 Å². The van der Waals surface area contributed by atoms with Crippen LogP contribution in [0.5, 0.6) is 11.5 Å². The molecule has 0 aliphatic carbocycles. The van der Waals surface area contributed by atoms with Crippen LogP contribution < -0.4 is 26.8 Å². The lowest BCUT2D eigenvalue weighted by molar-refractivity contribution is -0.121. The average molecular weight is 462 g/mol. The Labute approximate surface area is 191 Å². The Kier molecular flexibility index (Phi) is 9.67. The summed E-state index contributed by atoms with van der Waals surface area (Å²) in [6, 6.07) is 2.59. The number of rotatable bonds is 12. The number of amides is 2. The first kappa shape index (κ1) is 25.7. The summed E-state index contributed by atoms with van der Waals surface area (Å²) in [5.74, 6) is -1.02. The lowest BCUT2D eigenvalue weighted by atomic mass is 10.3. The number of nitrogens with zero attached hydrogens (tertiary/aromatic N) is 2. The van der Waals surface area contributed by atoms with Gasteiger partial charge in [0.15, 0.2) is 11.5 Å². The molecule has 0 radical (unpaired) electrons. The Hall–Kier alpha value is -3.60. The molecule has 180 valence electrons. The summed E-state index contributed by atoms with van der Waals surface area (Å²) in [4.78, 5) is 46.4. The van der Waals surface area contributed by atoms with Gasteiger partial charge in [-0.25, -0.2) is 0 Å². The third-order valence-electron chi connectivity index (χ3n) is 5.19. The van der Waals surface area contributed by atoms with E-state index in [2.05, 4.69) is 16.0 Å². The van der Waals surface area contributed by atoms with Gasteiger partial charge in [-0.15, -0.1) is 0 Å². The monoisotopic (exact) mass is 461 g/mol. The van der Waals surface area contributed by atoms with Crippen molar-refractivity contribution in [1.82, 2.24) is 25.1 Å². The predicted octanol–water partition coefficient (Wildman–Crippen LogP) is -0.660. The Bertz CT molecular complexity index is 1010. The van der Waals surface area contributed by atoms with Crippen LogP contribution in [-0.4, -0.2) is 57.3 Å². The molecule has 2 rings (SSSR count). The van der Waals surface area contributed by atoms with E-state index in [9.17, 15) is 29.4 Å². The molecule has 5 N–H and O–H groups in total. The fraction of sp³-hybridized carbons (Fsp3) is 0.455. The Balaban J connectivity index is 1.55. The zero-order chi connectivity index (χ0) is 24.4. The second-order valence-corrected chi connectivity index (χ2v) is 7.63. The number of pyridine rings is 2. The standard InChI is InChI=1S/C22H31N5O6/c1-15-21(32)17(28)5-11-26(15)9-3-7-24-19(30)13-23-14-20(31)25-8-4-10-27-12-6-18(29)22(33)16(27)2/h5-6,11-12,23,32-33H,3-4,7-10,13-14H2,1-2H3,(H,24,30)(H,25,31). The van der Waals surface area contributed by atoms with Crippen LogP contribution in [0.4, 0.5) is 0 Å². The number of aromatic hydroxyl groups is 2. The maximum Gasteiger partial charge on any atom is 0.233 e. The third-order valence-corrected chi connectivity index (χ3v) is 5.19. The van der Waals surface area contributed by atoms with Crippen LogP contribution in [0, 0.1) is 13.8 Å². The summed E-state index contributed by atoms with van der Waals surface area (Å²) in [5, 5.41) is 27.6. The van der Waals surface area contributed by atoms with Crippen molar-refractivity contribution in [2.45, 2.75) is 39.8 Å². The maximum atomic E-state index is 11.9. The van der Waals surface area contributed by atoms with E-state index in [1.807, 2.05) is 0 Å². The van der Waals surface area contributed by atoms with Crippen molar-refractivity contribution in [3.8, 4) is 11.5 Å². The molecule has 0 fully saturated rings. The van der Waals surface area contributed by atoms with Gasteiger partial charge in [0.1, 0.15) is 0 Å². The number of carbonyl (C=O) groups is 2. The highest BCUT2D eigenvalue weighted by Crippen LogP contribution is 2.10. The fourth-order valence-electron chi connectivity index (χ4n) is 3.18. The van der Waals surface area contributed by atoms with E-state index in [1.165, 1.54) is 12.1 Å². The molecule has 33 heavy (non-hydrogen) atoms. The molecule has 0 saturated carbocycles. The van der Waals surface area contributed by atoms with Crippen molar-refractivity contribution in [3.63, 3.8) is 0 Å². The van der Waals surface area contributed by atoms with Crippen molar-refractivity contribution in [2.75, 3.05) is 26.2 Å². The van der Waals surface area contributed by atoms with Crippen LogP contribution in [0.1, 0.15) is 24.2 Å². The molecule has 0 bridgehead atoms. The number of carbonyl (C=O) groups excluding carboxylic acids is 2. The lowest BCUT2D eigenvalue weighted by Crippen LogP contribution is -2.40. The molecule has 11 nitrogen and oxygen atoms in total. The topological polar surface area (TPSA) is 155 Å². The smallest absolute Gasteiger partial charge is 0.233 e. The normalized spacial score (nSPS) is 10.7. The lowest BCUT2D eigenvalue weighted by Gasteiger charge is -2.12. The maximum absolute atomic E-state index is 11.9. The summed E-state index contributed by atoms with van der Waals surface area (Å²) in [7, 11) is 0. The quantitative estimate of drug-likeness (QED) is 0.263. The third kappa shape index (κ3) is 7.79. The van der Waals surface area contributed by atoms with Crippen molar-refractivity contribution < 1.29 is 19.8 Å². The fourth-order valence-corrected chi connectivity index (χ4v) is 3.18. The van der Waals surface area contributed by atoms with Crippen LogP contribution in [0.3, 0.4) is 0 Å². The molecule has 0 atom stereocenters. The molecule has 2 aromatic heterocycles. The van der Waals surface area contributed by atoms with Gasteiger partial charge in [0.25, 0.3) is 0 Å². The minimum absolute atomic E-state index is 0.00112. The number of hydrogen-bond donors (Lipinski definition) is 5. The molecule has 0 aromatic carbocycles. The Morgan fingerprint density at radius 2 is 1.18 bits per heavy atom. The minimum Gasteiger partial charge on any atom is -0.503 e. The van der Waals surface area contributed by atoms with E-state index in [4.69, 9.17) is 0 Å². The minimum atomic E-state index is -0.420. The molecule has 11 heteroatoms. The van der Waals surface area contributed by atoms with Crippen LogP contribution in [0.15, 0.2) is 34.1 Å². The van der Waals surface area contributed by atoms with Crippen molar-refractivity contribution in [1.29, 1.82) is 0 Å². The molecular formula is C22H31N5O6. The largest absolute Gasteiger partial charge is 0.503 e. The SMILES string of the molecule is Cc1c(O)c(=O)ccn1CCCNC(=O)CNCC(=O)NCCCn1ccc(=O)c(O)c1C. The number of aryl methyl sites for hydroxylation is 2. The highest BCUT2D eigenvalue weighted by molar-refractivity contribution is 5.81. The van der Waals surface area contributed by atoms with Crippen LogP contribution >= 0.6 is 0 Å². The van der Waals surface area contributed by atoms with E-state index in [1.54, 1.807) is 35.4 Å². The van der Waals surface area contributed by atoms with E-state index in [-0.39, 0.29) is 36.4 Å². The first-order valence-corrected chi connectivity index (χ1v) is 10.7. The second kappa shape index (κ2) is 12.4. The molecule has 0 spiro atoms. The van der Waals surface area contributed by atoms with Gasteiger partial charge < -0.3 is 30.0 Å². The first-order valence-electron chi connectivity index (χ1n) is 10.7. The van der Waals surface area contributed by atoms with Crippen LogP contribution in [0.25, 0.3) is 0 Å². The van der Waals surface area contributed by atoms with Gasteiger partial charge >= 0.3 is 0 Å². The molecule has 2 amide bonds. The zero-order valence-electron chi connectivity index (χ0n) is 18.9. The zero-order valence-corrected chi connectivity index (χ0v) is 18.9. The average Bonchev–Trinajstić information content (AvgIpc) is 2.79. The van der Waals surface area contributed by atoms with Gasteiger partial charge in [-0.05, 0) is 26.7 Å². The highest BCUT2D eigenvalue weighted by Gasteiger charge is 2.07. The van der Waals surface area contributed by atoms with Crippen molar-refractivity contribution >= 4 is 11.8 Å². The molecule has 0 aliphatic heterocycles. The van der Waals surface area contributed by atoms with E-state index in [0.29, 0.717) is 50.4 Å². The highest BCUT2D eigenvalue weighted by atomic mass is 16.3. The summed E-state index contributed by atoms with van der Waals surface area (Å²) < 4.78 is 3.49. The van der Waals surface area contributed by atoms with Gasteiger partial charge in [0, 0.05) is 50.7 Å². The number of aromatic nitrogens is 2. The van der Waals surface area contributed by atoms with E-state index in [0.717, 1.165) is 0 Å². The summed E-state index contributed by atoms with van der Waals surface area (Å²) >= 11 is 0. The predicted molar refractivity (Wildman–Crippen MR) is 122 cm³/mol. The summed E-state index contributed by atoms with van der Waals surface area (Å²) in [6.07, 6.45) is 4.43. The molecule has 0 aliphatic rings. The molecule has 0 unspecified atom stereocenters. The van der Waals surface area contributed by atoms with Gasteiger partial charge in [-0.1, -0.05) is 0 Å². The second-order valence-electron chi connectivity index (χ2n) is 7.63. The van der Waals surface area contributed by atoms with Gasteiger partial charge in [0.2, 0.25) is 22.7 Å². The number of hydrogen-bond acceptors (Lipinski definition) is 7. The Morgan fingerprint density at radius 1 is 0.788 bits per heavy atom. The molecule has 0 saturated heterocycles. The van der Waals surface area contributed by atoms with Crippen LogP contribution in [0.2, 0.25) is 0 Å². The number of nitrogens with one attached hydrogen (secondary N) is 3. The molecular weight excluding hydrogens is 430 g/mol. The van der Waals surface area contributed by atoms with Crippen molar-refractivity contribution in [3.05, 3.63) is 56.4 Å². The molecule has 2 heterocycles. The van der Waals surface area contributed by atoms with Gasteiger partial charge in [0.05, 0.1) is 24.5 Å². The van der Waals surface area contributed by atoms with Crippen LogP contribution in [-0.2, 0) is 22.7 Å².